The van der Waals surface area contributed by atoms with E-state index in [1.807, 2.05) is 4.90 Å². The van der Waals surface area contributed by atoms with Crippen LogP contribution in [-0.4, -0.2) is 72.9 Å². The molecule has 1 amide bonds. The number of anilines is 1. The molecule has 1 fully saturated rings. The van der Waals surface area contributed by atoms with E-state index in [1.54, 1.807) is 13.8 Å². The van der Waals surface area contributed by atoms with Crippen LogP contribution in [0.3, 0.4) is 0 Å². The van der Waals surface area contributed by atoms with E-state index in [4.69, 9.17) is 26.1 Å². The quantitative estimate of drug-likeness (QED) is 0.346. The fourth-order valence-corrected chi connectivity index (χ4v) is 4.89. The molecule has 3 rings (SSSR count). The molecule has 13 nitrogen and oxygen atoms in total. The molecule has 184 valence electrons. The Hall–Kier alpha value is -1.64. The van der Waals surface area contributed by atoms with Gasteiger partial charge in [0, 0.05) is 20.2 Å². The van der Waals surface area contributed by atoms with E-state index in [1.165, 1.54) is 23.0 Å². The highest BCUT2D eigenvalue weighted by atomic mass is 35.5. The molecular formula is C17H26ClN6O7PS. The highest BCUT2D eigenvalue weighted by molar-refractivity contribution is 7.46. The zero-order chi connectivity index (χ0) is 24.3. The third-order valence-electron chi connectivity index (χ3n) is 5.15. The van der Waals surface area contributed by atoms with Crippen molar-refractivity contribution in [2.45, 2.75) is 51.7 Å². The molecule has 33 heavy (non-hydrogen) atoms. The van der Waals surface area contributed by atoms with E-state index < -0.39 is 26.6 Å². The summed E-state index contributed by atoms with van der Waals surface area (Å²) < 4.78 is 22.5. The number of nitrogens with one attached hydrogen (secondary N) is 1. The Morgan fingerprint density at radius 1 is 1.42 bits per heavy atom. The lowest BCUT2D eigenvalue weighted by Crippen LogP contribution is -2.55. The third kappa shape index (κ3) is 6.28. The molecule has 16 heteroatoms. The predicted molar refractivity (Wildman–Crippen MR) is 119 cm³/mol. The molecule has 0 radical (unpaired) electrons. The van der Waals surface area contributed by atoms with Crippen molar-refractivity contribution < 1.29 is 33.5 Å². The largest absolute Gasteiger partial charge is 0.471 e. The standard InChI is InChI=1S/C17H26ClN6O7PS/c1-4-11-13(18)20-14(24(11)8-31-32(27,28)29)15(26)19-10-5-6-23(7-12(10)30-3)17-22-21-16(33-17)9(2)25/h9-10,12,25H,4-8H2,1-3H3,(H,19,26)(H2,27,28,29)/t9?,10-,12+/m1/s1. The van der Waals surface area contributed by atoms with Crippen molar-refractivity contribution in [2.24, 2.45) is 0 Å². The van der Waals surface area contributed by atoms with Gasteiger partial charge >= 0.3 is 7.82 Å². The molecule has 1 saturated heterocycles. The van der Waals surface area contributed by atoms with E-state index in [9.17, 15) is 14.5 Å². The zero-order valence-electron chi connectivity index (χ0n) is 18.2. The molecule has 0 bridgehead atoms. The van der Waals surface area contributed by atoms with Gasteiger partial charge in [0.1, 0.15) is 17.8 Å². The maximum Gasteiger partial charge on any atom is 0.471 e. The number of imidazole rings is 1. The van der Waals surface area contributed by atoms with Gasteiger partial charge in [-0.2, -0.15) is 0 Å². The molecule has 0 spiro atoms. The summed E-state index contributed by atoms with van der Waals surface area (Å²) in [6, 6.07) is -0.361. The Balaban J connectivity index is 1.73. The Kier molecular flexibility index (Phi) is 8.45. The van der Waals surface area contributed by atoms with E-state index in [2.05, 4.69) is 25.0 Å². The monoisotopic (exact) mass is 524 g/mol. The summed E-state index contributed by atoms with van der Waals surface area (Å²) in [5.74, 6) is -0.688. The van der Waals surface area contributed by atoms with Crippen molar-refractivity contribution in [3.05, 3.63) is 21.7 Å². The highest BCUT2D eigenvalue weighted by Gasteiger charge is 2.34. The van der Waals surface area contributed by atoms with Crippen molar-refractivity contribution in [3.63, 3.8) is 0 Å². The number of amides is 1. The number of methoxy groups -OCH3 is 1. The summed E-state index contributed by atoms with van der Waals surface area (Å²) in [4.78, 5) is 37.1. The number of aliphatic hydroxyl groups is 1. The van der Waals surface area contributed by atoms with Crippen LogP contribution in [0.4, 0.5) is 5.13 Å². The number of nitrogens with zero attached hydrogens (tertiary/aromatic N) is 5. The van der Waals surface area contributed by atoms with Gasteiger partial charge in [-0.3, -0.25) is 13.9 Å². The van der Waals surface area contributed by atoms with E-state index >= 15 is 0 Å². The number of phosphoric ester groups is 1. The maximum atomic E-state index is 13.0. The van der Waals surface area contributed by atoms with Crippen LogP contribution in [0.1, 0.15) is 47.7 Å². The minimum absolute atomic E-state index is 0.0558. The van der Waals surface area contributed by atoms with Gasteiger partial charge in [-0.15, -0.1) is 10.2 Å². The average molecular weight is 525 g/mol. The van der Waals surface area contributed by atoms with Gasteiger partial charge < -0.3 is 29.8 Å². The number of rotatable bonds is 9. The topological polar surface area (TPSA) is 172 Å². The number of hydrogen-bond acceptors (Lipinski definition) is 10. The first-order chi connectivity index (χ1) is 15.5. The number of halogens is 1. The van der Waals surface area contributed by atoms with Crippen molar-refractivity contribution in [3.8, 4) is 0 Å². The number of carbonyl (C=O) groups is 1. The van der Waals surface area contributed by atoms with Crippen molar-refractivity contribution in [1.82, 2.24) is 25.1 Å². The van der Waals surface area contributed by atoms with Crippen LogP contribution >= 0.6 is 30.8 Å². The van der Waals surface area contributed by atoms with Crippen molar-refractivity contribution >= 4 is 41.8 Å². The lowest BCUT2D eigenvalue weighted by atomic mass is 10.0. The molecule has 2 aromatic heterocycles. The Morgan fingerprint density at radius 3 is 2.73 bits per heavy atom. The normalized spacial score (nSPS) is 20.2. The van der Waals surface area contributed by atoms with Crippen LogP contribution in [0.25, 0.3) is 0 Å². The summed E-state index contributed by atoms with van der Waals surface area (Å²) in [7, 11) is -3.23. The first-order valence-electron chi connectivity index (χ1n) is 10.1. The second kappa shape index (κ2) is 10.7. The fraction of sp³-hybridized carbons (Fsp3) is 0.647. The summed E-state index contributed by atoms with van der Waals surface area (Å²) in [6.07, 6.45) is -0.178. The Labute approximate surface area is 198 Å². The lowest BCUT2D eigenvalue weighted by Gasteiger charge is -2.37. The lowest BCUT2D eigenvalue weighted by molar-refractivity contribution is 0.0532. The summed E-state index contributed by atoms with van der Waals surface area (Å²) >= 11 is 7.43. The number of carbonyl (C=O) groups excluding carboxylic acids is 1. The summed E-state index contributed by atoms with van der Waals surface area (Å²) in [5, 5.41) is 21.9. The van der Waals surface area contributed by atoms with Crippen LogP contribution in [0.2, 0.25) is 5.15 Å². The molecular weight excluding hydrogens is 499 g/mol. The van der Waals surface area contributed by atoms with E-state index in [0.717, 1.165) is 0 Å². The number of aromatic nitrogens is 4. The van der Waals surface area contributed by atoms with Gasteiger partial charge in [0.25, 0.3) is 5.91 Å². The Morgan fingerprint density at radius 2 is 2.15 bits per heavy atom. The third-order valence-corrected chi connectivity index (χ3v) is 7.06. The summed E-state index contributed by atoms with van der Waals surface area (Å²) in [5.41, 5.74) is 0.415. The molecule has 2 aromatic rings. The minimum atomic E-state index is -4.77. The van der Waals surface area contributed by atoms with Gasteiger partial charge in [0.05, 0.1) is 17.8 Å². The van der Waals surface area contributed by atoms with Crippen LogP contribution in [0.15, 0.2) is 0 Å². The number of ether oxygens (including phenoxy) is 1. The first kappa shape index (κ1) is 26.0. The first-order valence-corrected chi connectivity index (χ1v) is 12.8. The highest BCUT2D eigenvalue weighted by Crippen LogP contribution is 2.37. The molecule has 1 aliphatic rings. The van der Waals surface area contributed by atoms with Crippen LogP contribution in [-0.2, 0) is 27.0 Å². The average Bonchev–Trinajstić information content (AvgIpc) is 3.36. The molecule has 3 atom stereocenters. The van der Waals surface area contributed by atoms with Crippen LogP contribution in [0, 0.1) is 0 Å². The van der Waals surface area contributed by atoms with Gasteiger partial charge in [0.15, 0.2) is 5.15 Å². The smallest absolute Gasteiger partial charge is 0.386 e. The maximum absolute atomic E-state index is 13.0. The molecule has 0 aromatic carbocycles. The second-order valence-electron chi connectivity index (χ2n) is 7.39. The second-order valence-corrected chi connectivity index (χ2v) is 9.98. The van der Waals surface area contributed by atoms with E-state index in [-0.39, 0.29) is 23.1 Å². The molecule has 3 heterocycles. The molecule has 0 aliphatic carbocycles. The molecule has 1 unspecified atom stereocenters. The molecule has 4 N–H and O–H groups in total. The molecule has 0 saturated carbocycles. The van der Waals surface area contributed by atoms with Crippen molar-refractivity contribution in [2.75, 3.05) is 25.1 Å². The summed E-state index contributed by atoms with van der Waals surface area (Å²) in [6.45, 7) is 3.81. The number of aliphatic hydroxyl groups excluding tert-OH is 1. The zero-order valence-corrected chi connectivity index (χ0v) is 20.7. The van der Waals surface area contributed by atoms with Crippen LogP contribution < -0.4 is 10.2 Å². The number of hydrogen-bond donors (Lipinski definition) is 4. The van der Waals surface area contributed by atoms with E-state index in [0.29, 0.717) is 41.8 Å². The van der Waals surface area contributed by atoms with Gasteiger partial charge in [-0.05, 0) is 19.8 Å². The minimum Gasteiger partial charge on any atom is -0.386 e. The number of phosphoric acid groups is 1. The van der Waals surface area contributed by atoms with Crippen molar-refractivity contribution in [1.29, 1.82) is 0 Å². The van der Waals surface area contributed by atoms with Gasteiger partial charge in [0.2, 0.25) is 11.0 Å². The van der Waals surface area contributed by atoms with Gasteiger partial charge in [-0.25, -0.2) is 9.55 Å². The number of piperidine rings is 1. The fourth-order valence-electron chi connectivity index (χ4n) is 3.49. The Bertz CT molecular complexity index is 1030. The van der Waals surface area contributed by atoms with Gasteiger partial charge in [-0.1, -0.05) is 29.9 Å². The predicted octanol–water partition coefficient (Wildman–Crippen LogP) is 1.09. The van der Waals surface area contributed by atoms with Crippen LogP contribution in [0.5, 0.6) is 0 Å². The molecule has 1 aliphatic heterocycles. The SMILES string of the molecule is CCc1c(Cl)nc(C(=O)N[C@@H]2CCN(c3nnc(C(C)O)s3)C[C@@H]2OC)n1COP(=O)(O)O.